The molecule has 18 nitrogen and oxygen atoms in total. The van der Waals surface area contributed by atoms with Crippen LogP contribution in [0.3, 0.4) is 0 Å². The molecule has 0 aliphatic carbocycles. The number of benzene rings is 2. The standard InChI is InChI=1S/C46H52Cl2N8O10/c1-27-31(25-65-45-39(47)11-33(17-49-19-35(57)13-41(59)60)43(53-45)63-23-29-15-51-55(3)21-29)7-5-9-37(27)38-10-6-8-32(28(38)2)26-66-46-40(48)12-34(18-50-20-36(58)14-42(61)62)44(54-46)64-24-30-16-52-56(4)22-30/h5-12,15-16,21-22,35-36,49-50,57-58H,13-14,17-20,23-26H2,1-4H3,(H,59,60)(H,61,62). The van der Waals surface area contributed by atoms with Crippen LogP contribution >= 0.6 is 23.2 Å². The first-order valence-corrected chi connectivity index (χ1v) is 21.6. The number of carboxylic acids is 2. The molecule has 2 unspecified atom stereocenters. The zero-order chi connectivity index (χ0) is 47.3. The Balaban J connectivity index is 1.16. The van der Waals surface area contributed by atoms with Gasteiger partial charge >= 0.3 is 11.9 Å². The van der Waals surface area contributed by atoms with Gasteiger partial charge in [0.25, 0.3) is 0 Å². The highest BCUT2D eigenvalue weighted by Crippen LogP contribution is 2.35. The first-order chi connectivity index (χ1) is 31.6. The summed E-state index contributed by atoms with van der Waals surface area (Å²) in [6, 6.07) is 15.3. The smallest absolute Gasteiger partial charge is 0.306 e. The van der Waals surface area contributed by atoms with Crippen LogP contribution in [0.1, 0.15) is 57.3 Å². The fourth-order valence-electron chi connectivity index (χ4n) is 6.94. The number of hydrogen-bond donors (Lipinski definition) is 6. The quantitative estimate of drug-likeness (QED) is 0.0404. The molecule has 0 aliphatic rings. The second-order valence-corrected chi connectivity index (χ2v) is 16.4. The highest BCUT2D eigenvalue weighted by atomic mass is 35.5. The number of aliphatic carboxylic acids is 2. The third-order valence-corrected chi connectivity index (χ3v) is 10.9. The lowest BCUT2D eigenvalue weighted by Gasteiger charge is -2.18. The number of carboxylic acid groups (broad SMARTS) is 2. The Morgan fingerprint density at radius 1 is 0.621 bits per heavy atom. The molecule has 66 heavy (non-hydrogen) atoms. The van der Waals surface area contributed by atoms with E-state index in [0.29, 0.717) is 11.1 Å². The number of pyridine rings is 2. The summed E-state index contributed by atoms with van der Waals surface area (Å²) in [5.41, 5.74) is 8.50. The molecule has 0 aliphatic heterocycles. The molecule has 20 heteroatoms. The highest BCUT2D eigenvalue weighted by Gasteiger charge is 2.19. The number of aliphatic hydroxyl groups is 2. The molecule has 6 aromatic rings. The maximum absolute atomic E-state index is 11.0. The predicted molar refractivity (Wildman–Crippen MR) is 244 cm³/mol. The molecule has 0 saturated heterocycles. The van der Waals surface area contributed by atoms with Crippen LogP contribution in [-0.4, -0.2) is 87.2 Å². The van der Waals surface area contributed by atoms with Gasteiger partial charge in [-0.15, -0.1) is 0 Å². The number of nitrogens with zero attached hydrogens (tertiary/aromatic N) is 6. The molecule has 0 spiro atoms. The van der Waals surface area contributed by atoms with Crippen molar-refractivity contribution >= 4 is 35.1 Å². The Kier molecular flexibility index (Phi) is 17.3. The molecule has 4 aromatic heterocycles. The highest BCUT2D eigenvalue weighted by molar-refractivity contribution is 6.32. The fraction of sp³-hybridized carbons (Fsp3) is 0.348. The maximum atomic E-state index is 11.0. The van der Waals surface area contributed by atoms with E-state index in [0.717, 1.165) is 44.5 Å². The summed E-state index contributed by atoms with van der Waals surface area (Å²) < 4.78 is 28.0. The minimum atomic E-state index is -1.10. The van der Waals surface area contributed by atoms with Crippen LogP contribution in [0.15, 0.2) is 73.3 Å². The molecule has 0 fully saturated rings. The van der Waals surface area contributed by atoms with Gasteiger partial charge in [-0.3, -0.25) is 19.0 Å². The summed E-state index contributed by atoms with van der Waals surface area (Å²) in [7, 11) is 3.61. The van der Waals surface area contributed by atoms with E-state index in [1.165, 1.54) is 0 Å². The third-order valence-electron chi connectivity index (χ3n) is 10.4. The van der Waals surface area contributed by atoms with Crippen molar-refractivity contribution in [2.75, 3.05) is 13.1 Å². The minimum absolute atomic E-state index is 0.0331. The number of aliphatic hydroxyl groups excluding tert-OH is 2. The lowest BCUT2D eigenvalue weighted by molar-refractivity contribution is -0.140. The van der Waals surface area contributed by atoms with Crippen molar-refractivity contribution < 1.29 is 49.0 Å². The molecule has 4 heterocycles. The molecular formula is C46H52Cl2N8O10. The van der Waals surface area contributed by atoms with Crippen molar-refractivity contribution in [1.82, 2.24) is 40.2 Å². The first kappa shape index (κ1) is 49.2. The zero-order valence-electron chi connectivity index (χ0n) is 36.8. The second kappa shape index (κ2) is 23.3. The van der Waals surface area contributed by atoms with Crippen LogP contribution in [0, 0.1) is 13.8 Å². The third kappa shape index (κ3) is 13.9. The summed E-state index contributed by atoms with van der Waals surface area (Å²) in [5.74, 6) is -1.39. The average Bonchev–Trinajstić information content (AvgIpc) is 3.89. The van der Waals surface area contributed by atoms with Gasteiger partial charge in [0.15, 0.2) is 0 Å². The molecule has 6 rings (SSSR count). The van der Waals surface area contributed by atoms with Gasteiger partial charge < -0.3 is 50.0 Å². The van der Waals surface area contributed by atoms with Crippen molar-refractivity contribution in [2.24, 2.45) is 14.1 Å². The Bertz CT molecular complexity index is 2450. The monoisotopic (exact) mass is 946 g/mol. The van der Waals surface area contributed by atoms with Gasteiger partial charge in [-0.05, 0) is 59.4 Å². The number of aromatic nitrogens is 6. The molecule has 0 radical (unpaired) electrons. The number of halogens is 2. The molecule has 0 bridgehead atoms. The van der Waals surface area contributed by atoms with E-state index in [4.69, 9.17) is 52.4 Å². The van der Waals surface area contributed by atoms with Gasteiger partial charge in [-0.25, -0.2) is 0 Å². The minimum Gasteiger partial charge on any atom is -0.481 e. The van der Waals surface area contributed by atoms with Crippen molar-refractivity contribution in [1.29, 1.82) is 0 Å². The SMILES string of the molecule is Cc1c(COc2nc(OCc3cnn(C)c3)c(CNCC(O)CC(=O)O)cc2Cl)cccc1-c1cccc(COc2nc(OCc3cnn(C)c3)c(CNCC(O)CC(=O)O)cc2Cl)c1C. The Hall–Kier alpha value is -6.28. The number of nitrogens with one attached hydrogen (secondary N) is 2. The molecule has 6 N–H and O–H groups in total. The van der Waals surface area contributed by atoms with Gasteiger partial charge in [0.1, 0.15) is 36.5 Å². The number of ether oxygens (including phenoxy) is 4. The lowest BCUT2D eigenvalue weighted by atomic mass is 9.92. The van der Waals surface area contributed by atoms with E-state index in [-0.39, 0.29) is 86.2 Å². The summed E-state index contributed by atoms with van der Waals surface area (Å²) in [4.78, 5) is 31.3. The number of carbonyl (C=O) groups is 2. The van der Waals surface area contributed by atoms with Crippen molar-refractivity contribution in [2.45, 2.75) is 78.4 Å². The Morgan fingerprint density at radius 3 is 1.38 bits per heavy atom. The maximum Gasteiger partial charge on any atom is 0.306 e. The average molecular weight is 948 g/mol. The normalized spacial score (nSPS) is 12.2. The van der Waals surface area contributed by atoms with Crippen molar-refractivity contribution in [3.05, 3.63) is 128 Å². The van der Waals surface area contributed by atoms with E-state index >= 15 is 0 Å². The van der Waals surface area contributed by atoms with Gasteiger partial charge in [-0.1, -0.05) is 59.6 Å². The number of rotatable bonds is 25. The molecular weight excluding hydrogens is 895 g/mol. The summed E-state index contributed by atoms with van der Waals surface area (Å²) in [5, 5.41) is 53.0. The number of aryl methyl sites for hydroxylation is 2. The van der Waals surface area contributed by atoms with Crippen LogP contribution in [0.2, 0.25) is 10.0 Å². The van der Waals surface area contributed by atoms with E-state index in [1.54, 1.807) is 48.0 Å². The van der Waals surface area contributed by atoms with E-state index in [2.05, 4.69) is 30.8 Å². The molecule has 0 saturated carbocycles. The second-order valence-electron chi connectivity index (χ2n) is 15.6. The van der Waals surface area contributed by atoms with Crippen LogP contribution in [0.5, 0.6) is 23.5 Å². The Morgan fingerprint density at radius 2 is 1.02 bits per heavy atom. The molecule has 350 valence electrons. The van der Waals surface area contributed by atoms with Gasteiger partial charge in [0, 0.05) is 74.9 Å². The van der Waals surface area contributed by atoms with Crippen molar-refractivity contribution in [3.63, 3.8) is 0 Å². The summed E-state index contributed by atoms with van der Waals surface area (Å²) >= 11 is 13.4. The summed E-state index contributed by atoms with van der Waals surface area (Å²) in [6.45, 7) is 5.10. The zero-order valence-corrected chi connectivity index (χ0v) is 38.3. The number of hydrogen-bond acceptors (Lipinski definition) is 14. The fourth-order valence-corrected chi connectivity index (χ4v) is 7.40. The Labute approximate surface area is 391 Å². The predicted octanol–water partition coefficient (Wildman–Crippen LogP) is 5.70. The van der Waals surface area contributed by atoms with E-state index in [1.807, 2.05) is 62.6 Å². The van der Waals surface area contributed by atoms with Gasteiger partial charge in [0.2, 0.25) is 23.5 Å². The molecule has 2 aromatic carbocycles. The van der Waals surface area contributed by atoms with Crippen LogP contribution in [0.4, 0.5) is 0 Å². The lowest BCUT2D eigenvalue weighted by Crippen LogP contribution is -2.28. The van der Waals surface area contributed by atoms with Crippen LogP contribution in [-0.2, 0) is 63.2 Å². The molecule has 0 amide bonds. The van der Waals surface area contributed by atoms with Crippen LogP contribution in [0.25, 0.3) is 11.1 Å². The van der Waals surface area contributed by atoms with Gasteiger partial charge in [0.05, 0.1) is 37.4 Å². The summed E-state index contributed by atoms with van der Waals surface area (Å²) in [6.07, 6.45) is 4.05. The first-order valence-electron chi connectivity index (χ1n) is 20.9. The van der Waals surface area contributed by atoms with Crippen molar-refractivity contribution in [3.8, 4) is 34.6 Å². The van der Waals surface area contributed by atoms with E-state index in [9.17, 15) is 19.8 Å². The van der Waals surface area contributed by atoms with Gasteiger partial charge in [-0.2, -0.15) is 20.2 Å². The largest absolute Gasteiger partial charge is 0.481 e. The molecule has 2 atom stereocenters. The van der Waals surface area contributed by atoms with Crippen LogP contribution < -0.4 is 29.6 Å². The van der Waals surface area contributed by atoms with E-state index < -0.39 is 37.0 Å². The topological polar surface area (TPSA) is 237 Å².